The Bertz CT molecular complexity index is 836. The first-order valence-electron chi connectivity index (χ1n) is 7.83. The second kappa shape index (κ2) is 7.81. The summed E-state index contributed by atoms with van der Waals surface area (Å²) < 4.78 is 1.68. The van der Waals surface area contributed by atoms with Gasteiger partial charge in [0.05, 0.1) is 12.6 Å². The summed E-state index contributed by atoms with van der Waals surface area (Å²) in [6.45, 7) is 2.39. The smallest absolute Gasteiger partial charge is 0.319 e. The predicted molar refractivity (Wildman–Crippen MR) is 97.5 cm³/mol. The third kappa shape index (κ3) is 4.58. The number of rotatable bonds is 5. The molecule has 0 aliphatic heterocycles. The van der Waals surface area contributed by atoms with Crippen molar-refractivity contribution >= 4 is 23.3 Å². The number of anilines is 1. The second-order valence-corrected chi connectivity index (χ2v) is 6.05. The highest BCUT2D eigenvalue weighted by Gasteiger charge is 2.16. The molecule has 0 bridgehead atoms. The summed E-state index contributed by atoms with van der Waals surface area (Å²) in [5, 5.41) is 10.5. The normalized spacial score (nSPS) is 11.8. The van der Waals surface area contributed by atoms with Gasteiger partial charge in [0.2, 0.25) is 0 Å². The van der Waals surface area contributed by atoms with E-state index in [1.54, 1.807) is 17.1 Å². The van der Waals surface area contributed by atoms with Crippen molar-refractivity contribution in [2.75, 3.05) is 5.32 Å². The largest absolute Gasteiger partial charge is 0.329 e. The number of aryl methyl sites for hydroxylation is 1. The first-order valence-corrected chi connectivity index (χ1v) is 8.20. The van der Waals surface area contributed by atoms with Gasteiger partial charge in [0.1, 0.15) is 12.7 Å². The molecular formula is C18H18ClN5O. The minimum Gasteiger partial charge on any atom is -0.329 e. The molecule has 2 N–H and O–H groups in total. The van der Waals surface area contributed by atoms with E-state index in [1.807, 2.05) is 49.4 Å². The van der Waals surface area contributed by atoms with E-state index in [0.717, 1.165) is 11.1 Å². The molecule has 1 atom stereocenters. The lowest BCUT2D eigenvalue weighted by Gasteiger charge is -2.19. The van der Waals surface area contributed by atoms with Crippen LogP contribution < -0.4 is 10.6 Å². The molecule has 3 rings (SSSR count). The molecule has 0 aliphatic carbocycles. The Balaban J connectivity index is 1.72. The molecular weight excluding hydrogens is 338 g/mol. The standard InChI is InChI=1S/C18H18ClN5O/c1-13-7-8-15(9-16(13)19)22-18(25)23-17(10-24-12-20-11-21-24)14-5-3-2-4-6-14/h2-9,11-12,17H,10H2,1H3,(H2,22,23,25)/t17-/m1/s1. The second-order valence-electron chi connectivity index (χ2n) is 5.64. The zero-order chi connectivity index (χ0) is 17.6. The molecule has 7 heteroatoms. The lowest BCUT2D eigenvalue weighted by atomic mass is 10.1. The van der Waals surface area contributed by atoms with Crippen LogP contribution in [0, 0.1) is 6.92 Å². The van der Waals surface area contributed by atoms with Crippen molar-refractivity contribution in [2.24, 2.45) is 0 Å². The van der Waals surface area contributed by atoms with Crippen LogP contribution in [-0.4, -0.2) is 20.8 Å². The van der Waals surface area contributed by atoms with Crippen molar-refractivity contribution in [3.8, 4) is 0 Å². The van der Waals surface area contributed by atoms with Gasteiger partial charge in [-0.3, -0.25) is 4.68 Å². The topological polar surface area (TPSA) is 71.8 Å². The molecule has 2 amide bonds. The van der Waals surface area contributed by atoms with Crippen molar-refractivity contribution < 1.29 is 4.79 Å². The Morgan fingerprint density at radius 3 is 2.72 bits per heavy atom. The van der Waals surface area contributed by atoms with E-state index in [1.165, 1.54) is 6.33 Å². The Morgan fingerprint density at radius 1 is 1.24 bits per heavy atom. The van der Waals surface area contributed by atoms with Crippen molar-refractivity contribution in [1.82, 2.24) is 20.1 Å². The molecule has 1 heterocycles. The lowest BCUT2D eigenvalue weighted by Crippen LogP contribution is -2.35. The first-order chi connectivity index (χ1) is 12.1. The zero-order valence-electron chi connectivity index (χ0n) is 13.7. The van der Waals surface area contributed by atoms with E-state index < -0.39 is 0 Å². The fourth-order valence-corrected chi connectivity index (χ4v) is 2.61. The lowest BCUT2D eigenvalue weighted by molar-refractivity contribution is 0.246. The van der Waals surface area contributed by atoms with Gasteiger partial charge in [0, 0.05) is 10.7 Å². The molecule has 0 spiro atoms. The van der Waals surface area contributed by atoms with Gasteiger partial charge in [0.25, 0.3) is 0 Å². The number of hydrogen-bond acceptors (Lipinski definition) is 3. The van der Waals surface area contributed by atoms with Crippen molar-refractivity contribution in [3.05, 3.63) is 77.3 Å². The quantitative estimate of drug-likeness (QED) is 0.731. The van der Waals surface area contributed by atoms with Gasteiger partial charge in [-0.05, 0) is 30.2 Å². The summed E-state index contributed by atoms with van der Waals surface area (Å²) in [6.07, 6.45) is 3.09. The minimum atomic E-state index is -0.311. The van der Waals surface area contributed by atoms with E-state index in [0.29, 0.717) is 17.3 Å². The highest BCUT2D eigenvalue weighted by Crippen LogP contribution is 2.20. The first kappa shape index (κ1) is 17.0. The maximum absolute atomic E-state index is 12.4. The molecule has 6 nitrogen and oxygen atoms in total. The summed E-state index contributed by atoms with van der Waals surface area (Å²) in [7, 11) is 0. The number of halogens is 1. The average molecular weight is 356 g/mol. The van der Waals surface area contributed by atoms with E-state index in [4.69, 9.17) is 11.6 Å². The van der Waals surface area contributed by atoms with Crippen LogP contribution in [0.1, 0.15) is 17.2 Å². The number of benzene rings is 2. The summed E-state index contributed by atoms with van der Waals surface area (Å²) in [6, 6.07) is 14.6. The van der Waals surface area contributed by atoms with Gasteiger partial charge in [-0.1, -0.05) is 48.0 Å². The molecule has 0 aliphatic rings. The number of carbonyl (C=O) groups is 1. The van der Waals surface area contributed by atoms with Crippen molar-refractivity contribution in [1.29, 1.82) is 0 Å². The van der Waals surface area contributed by atoms with Crippen LogP contribution in [0.5, 0.6) is 0 Å². The van der Waals surface area contributed by atoms with Gasteiger partial charge in [-0.2, -0.15) is 5.10 Å². The van der Waals surface area contributed by atoms with Crippen LogP contribution in [0.2, 0.25) is 5.02 Å². The number of aromatic nitrogens is 3. The number of urea groups is 1. The van der Waals surface area contributed by atoms with Crippen LogP contribution in [0.3, 0.4) is 0 Å². The Kier molecular flexibility index (Phi) is 5.30. The molecule has 3 aromatic rings. The molecule has 1 aromatic heterocycles. The van der Waals surface area contributed by atoms with Gasteiger partial charge < -0.3 is 10.6 Å². The van der Waals surface area contributed by atoms with Crippen LogP contribution in [-0.2, 0) is 6.54 Å². The Labute approximate surface area is 150 Å². The maximum Gasteiger partial charge on any atom is 0.319 e. The molecule has 0 fully saturated rings. The van der Waals surface area contributed by atoms with Gasteiger partial charge in [-0.25, -0.2) is 9.78 Å². The summed E-state index contributed by atoms with van der Waals surface area (Å²) in [5.74, 6) is 0. The van der Waals surface area contributed by atoms with E-state index in [-0.39, 0.29) is 12.1 Å². The van der Waals surface area contributed by atoms with Gasteiger partial charge in [-0.15, -0.1) is 0 Å². The van der Waals surface area contributed by atoms with E-state index in [9.17, 15) is 4.79 Å². The fourth-order valence-electron chi connectivity index (χ4n) is 2.43. The summed E-state index contributed by atoms with van der Waals surface area (Å²) in [5.41, 5.74) is 2.58. The average Bonchev–Trinajstić information content (AvgIpc) is 3.11. The van der Waals surface area contributed by atoms with Crippen LogP contribution in [0.15, 0.2) is 61.2 Å². The van der Waals surface area contributed by atoms with Crippen molar-refractivity contribution in [2.45, 2.75) is 19.5 Å². The molecule has 0 saturated carbocycles. The minimum absolute atomic E-state index is 0.246. The fraction of sp³-hybridized carbons (Fsp3) is 0.167. The van der Waals surface area contributed by atoms with Crippen LogP contribution in [0.4, 0.5) is 10.5 Å². The molecule has 0 saturated heterocycles. The monoisotopic (exact) mass is 355 g/mol. The van der Waals surface area contributed by atoms with E-state index >= 15 is 0 Å². The number of nitrogens with one attached hydrogen (secondary N) is 2. The number of amides is 2. The van der Waals surface area contributed by atoms with Gasteiger partial charge in [0.15, 0.2) is 0 Å². The molecule has 128 valence electrons. The predicted octanol–water partition coefficient (Wildman–Crippen LogP) is 3.80. The summed E-state index contributed by atoms with van der Waals surface area (Å²) >= 11 is 6.10. The number of nitrogens with zero attached hydrogens (tertiary/aromatic N) is 3. The van der Waals surface area contributed by atoms with Crippen molar-refractivity contribution in [3.63, 3.8) is 0 Å². The molecule has 0 radical (unpaired) electrons. The molecule has 0 unspecified atom stereocenters. The third-order valence-electron chi connectivity index (χ3n) is 3.77. The highest BCUT2D eigenvalue weighted by molar-refractivity contribution is 6.31. The maximum atomic E-state index is 12.4. The van der Waals surface area contributed by atoms with Gasteiger partial charge >= 0.3 is 6.03 Å². The highest BCUT2D eigenvalue weighted by atomic mass is 35.5. The third-order valence-corrected chi connectivity index (χ3v) is 4.18. The van der Waals surface area contributed by atoms with E-state index in [2.05, 4.69) is 20.7 Å². The van der Waals surface area contributed by atoms with Crippen LogP contribution in [0.25, 0.3) is 0 Å². The molecule has 2 aromatic carbocycles. The molecule has 25 heavy (non-hydrogen) atoms. The summed E-state index contributed by atoms with van der Waals surface area (Å²) in [4.78, 5) is 16.4. The number of carbonyl (C=O) groups excluding carboxylic acids is 1. The SMILES string of the molecule is Cc1ccc(NC(=O)N[C@H](Cn2cncn2)c2ccccc2)cc1Cl. The Morgan fingerprint density at radius 2 is 2.04 bits per heavy atom. The number of hydrogen-bond donors (Lipinski definition) is 2. The van der Waals surface area contributed by atoms with Crippen LogP contribution >= 0.6 is 11.6 Å². The Hall–Kier alpha value is -2.86. The zero-order valence-corrected chi connectivity index (χ0v) is 14.4.